The number of nitrogens with one attached hydrogen (secondary N) is 1. The second-order valence-electron chi connectivity index (χ2n) is 5.78. The summed E-state index contributed by atoms with van der Waals surface area (Å²) in [7, 11) is 0. The first-order valence-electron chi connectivity index (χ1n) is 6.40. The molecular formula is C13H24N2O2. The number of hydrogen-bond donors (Lipinski definition) is 1. The Kier molecular flexibility index (Phi) is 4.17. The number of amides is 2. The van der Waals surface area contributed by atoms with Gasteiger partial charge in [0.25, 0.3) is 0 Å². The third-order valence-corrected chi connectivity index (χ3v) is 3.41. The summed E-state index contributed by atoms with van der Waals surface area (Å²) in [5, 5.41) is 2.78. The van der Waals surface area contributed by atoms with Crippen LogP contribution in [-0.4, -0.2) is 34.8 Å². The Morgan fingerprint density at radius 1 is 1.41 bits per heavy atom. The standard InChI is InChI=1S/C13H24N2O2/c1-6-7-13(4,5)15-8-10(16)14-11(9(2)3)12(15)17/h9,11H,6-8H2,1-5H3,(H,14,16). The zero-order chi connectivity index (χ0) is 13.2. The van der Waals surface area contributed by atoms with Crippen molar-refractivity contribution in [3.8, 4) is 0 Å². The first-order valence-corrected chi connectivity index (χ1v) is 6.40. The number of hydrogen-bond acceptors (Lipinski definition) is 2. The highest BCUT2D eigenvalue weighted by Crippen LogP contribution is 2.24. The van der Waals surface area contributed by atoms with E-state index in [1.165, 1.54) is 0 Å². The third kappa shape index (κ3) is 2.99. The molecule has 17 heavy (non-hydrogen) atoms. The minimum atomic E-state index is -0.368. The van der Waals surface area contributed by atoms with Crippen LogP contribution in [0.4, 0.5) is 0 Å². The molecular weight excluding hydrogens is 216 g/mol. The molecule has 0 bridgehead atoms. The van der Waals surface area contributed by atoms with Crippen molar-refractivity contribution in [2.45, 2.75) is 59.0 Å². The second-order valence-corrected chi connectivity index (χ2v) is 5.78. The van der Waals surface area contributed by atoms with Crippen LogP contribution < -0.4 is 5.32 Å². The number of carbonyl (C=O) groups excluding carboxylic acids is 2. The van der Waals surface area contributed by atoms with Crippen molar-refractivity contribution in [1.82, 2.24) is 10.2 Å². The van der Waals surface area contributed by atoms with Crippen molar-refractivity contribution < 1.29 is 9.59 Å². The van der Waals surface area contributed by atoms with E-state index in [9.17, 15) is 9.59 Å². The summed E-state index contributed by atoms with van der Waals surface area (Å²) in [6, 6.07) is -0.368. The molecule has 4 nitrogen and oxygen atoms in total. The van der Waals surface area contributed by atoms with Crippen LogP contribution in [0.2, 0.25) is 0 Å². The second kappa shape index (κ2) is 5.07. The third-order valence-electron chi connectivity index (χ3n) is 3.41. The lowest BCUT2D eigenvalue weighted by atomic mass is 9.92. The van der Waals surface area contributed by atoms with Gasteiger partial charge >= 0.3 is 0 Å². The van der Waals surface area contributed by atoms with Crippen LogP contribution >= 0.6 is 0 Å². The summed E-state index contributed by atoms with van der Waals surface area (Å²) in [6.07, 6.45) is 1.92. The molecule has 1 atom stereocenters. The van der Waals surface area contributed by atoms with Crippen LogP contribution in [0.5, 0.6) is 0 Å². The molecule has 1 heterocycles. The van der Waals surface area contributed by atoms with E-state index < -0.39 is 0 Å². The Balaban J connectivity index is 2.91. The molecule has 1 unspecified atom stereocenters. The molecule has 0 aliphatic carbocycles. The molecule has 1 saturated heterocycles. The van der Waals surface area contributed by atoms with Crippen LogP contribution in [-0.2, 0) is 9.59 Å². The van der Waals surface area contributed by atoms with Gasteiger partial charge in [0.2, 0.25) is 11.8 Å². The van der Waals surface area contributed by atoms with Crippen LogP contribution in [0.15, 0.2) is 0 Å². The van der Waals surface area contributed by atoms with Gasteiger partial charge in [0.1, 0.15) is 12.6 Å². The van der Waals surface area contributed by atoms with E-state index in [4.69, 9.17) is 0 Å². The van der Waals surface area contributed by atoms with Gasteiger partial charge in [0.15, 0.2) is 0 Å². The predicted octanol–water partition coefficient (Wildman–Crippen LogP) is 1.55. The summed E-state index contributed by atoms with van der Waals surface area (Å²) in [5.41, 5.74) is -0.239. The van der Waals surface area contributed by atoms with Gasteiger partial charge in [-0.25, -0.2) is 0 Å². The van der Waals surface area contributed by atoms with E-state index in [0.29, 0.717) is 0 Å². The molecule has 0 aromatic carbocycles. The van der Waals surface area contributed by atoms with E-state index in [1.807, 2.05) is 27.7 Å². The molecule has 98 valence electrons. The molecule has 0 spiro atoms. The largest absolute Gasteiger partial charge is 0.343 e. The topological polar surface area (TPSA) is 49.4 Å². The molecule has 1 N–H and O–H groups in total. The first kappa shape index (κ1) is 14.0. The summed E-state index contributed by atoms with van der Waals surface area (Å²) in [6.45, 7) is 10.3. The van der Waals surface area contributed by atoms with E-state index in [-0.39, 0.29) is 35.9 Å². The Bertz CT molecular complexity index is 311. The van der Waals surface area contributed by atoms with Gasteiger partial charge in [-0.05, 0) is 26.2 Å². The average molecular weight is 240 g/mol. The molecule has 0 aromatic heterocycles. The highest BCUT2D eigenvalue weighted by atomic mass is 16.2. The molecule has 1 fully saturated rings. The van der Waals surface area contributed by atoms with Crippen LogP contribution in [0.3, 0.4) is 0 Å². The first-order chi connectivity index (χ1) is 7.79. The number of nitrogens with zero attached hydrogens (tertiary/aromatic N) is 1. The van der Waals surface area contributed by atoms with Crippen molar-refractivity contribution in [2.75, 3.05) is 6.54 Å². The molecule has 1 aliphatic rings. The Hall–Kier alpha value is -1.06. The van der Waals surface area contributed by atoms with Crippen LogP contribution in [0.25, 0.3) is 0 Å². The van der Waals surface area contributed by atoms with Crippen LogP contribution in [0.1, 0.15) is 47.5 Å². The highest BCUT2D eigenvalue weighted by molar-refractivity contribution is 5.95. The summed E-state index contributed by atoms with van der Waals surface area (Å²) in [4.78, 5) is 25.8. The fourth-order valence-electron chi connectivity index (χ4n) is 2.38. The zero-order valence-electron chi connectivity index (χ0n) is 11.5. The summed E-state index contributed by atoms with van der Waals surface area (Å²) >= 11 is 0. The Labute approximate surface area is 104 Å². The van der Waals surface area contributed by atoms with Gasteiger partial charge in [-0.3, -0.25) is 9.59 Å². The monoisotopic (exact) mass is 240 g/mol. The van der Waals surface area contributed by atoms with Crippen molar-refractivity contribution in [3.63, 3.8) is 0 Å². The highest BCUT2D eigenvalue weighted by Gasteiger charge is 2.40. The molecule has 0 radical (unpaired) electrons. The maximum Gasteiger partial charge on any atom is 0.246 e. The van der Waals surface area contributed by atoms with E-state index >= 15 is 0 Å². The van der Waals surface area contributed by atoms with E-state index in [0.717, 1.165) is 12.8 Å². The van der Waals surface area contributed by atoms with Crippen molar-refractivity contribution in [1.29, 1.82) is 0 Å². The normalized spacial score (nSPS) is 22.0. The van der Waals surface area contributed by atoms with Gasteiger partial charge in [-0.1, -0.05) is 27.2 Å². The van der Waals surface area contributed by atoms with Gasteiger partial charge in [-0.15, -0.1) is 0 Å². The smallest absolute Gasteiger partial charge is 0.246 e. The minimum absolute atomic E-state index is 0.0486. The van der Waals surface area contributed by atoms with E-state index in [2.05, 4.69) is 12.2 Å². The van der Waals surface area contributed by atoms with Gasteiger partial charge in [-0.2, -0.15) is 0 Å². The fraction of sp³-hybridized carbons (Fsp3) is 0.846. The van der Waals surface area contributed by atoms with Crippen molar-refractivity contribution >= 4 is 11.8 Å². The molecule has 0 saturated carbocycles. The zero-order valence-corrected chi connectivity index (χ0v) is 11.5. The number of rotatable bonds is 4. The van der Waals surface area contributed by atoms with Gasteiger partial charge < -0.3 is 10.2 Å². The molecule has 1 aliphatic heterocycles. The quantitative estimate of drug-likeness (QED) is 0.810. The number of carbonyl (C=O) groups is 2. The lowest BCUT2D eigenvalue weighted by Crippen LogP contribution is -2.64. The van der Waals surface area contributed by atoms with Gasteiger partial charge in [0, 0.05) is 5.54 Å². The molecule has 1 rings (SSSR count). The maximum atomic E-state index is 12.3. The lowest BCUT2D eigenvalue weighted by Gasteiger charge is -2.44. The Morgan fingerprint density at radius 3 is 2.47 bits per heavy atom. The van der Waals surface area contributed by atoms with Crippen molar-refractivity contribution in [2.24, 2.45) is 5.92 Å². The predicted molar refractivity (Wildman–Crippen MR) is 67.5 cm³/mol. The average Bonchev–Trinajstić information content (AvgIpc) is 2.20. The summed E-state index contributed by atoms with van der Waals surface area (Å²) in [5.74, 6) is 0.136. The van der Waals surface area contributed by atoms with Gasteiger partial charge in [0.05, 0.1) is 0 Å². The lowest BCUT2D eigenvalue weighted by molar-refractivity contribution is -0.151. The van der Waals surface area contributed by atoms with Crippen LogP contribution in [0, 0.1) is 5.92 Å². The molecule has 0 aromatic rings. The molecule has 2 amide bonds. The molecule has 4 heteroatoms. The summed E-state index contributed by atoms with van der Waals surface area (Å²) < 4.78 is 0. The van der Waals surface area contributed by atoms with Crippen molar-refractivity contribution in [3.05, 3.63) is 0 Å². The Morgan fingerprint density at radius 2 is 2.00 bits per heavy atom. The fourth-order valence-corrected chi connectivity index (χ4v) is 2.38. The van der Waals surface area contributed by atoms with E-state index in [1.54, 1.807) is 4.90 Å². The maximum absolute atomic E-state index is 12.3. The number of piperazine rings is 1. The SMILES string of the molecule is CCCC(C)(C)N1CC(=O)NC(C(C)C)C1=O. The minimum Gasteiger partial charge on any atom is -0.343 e.